The van der Waals surface area contributed by atoms with Crippen LogP contribution in [0.5, 0.6) is 0 Å². The number of aryl methyl sites for hydroxylation is 1. The Morgan fingerprint density at radius 2 is 1.84 bits per heavy atom. The summed E-state index contributed by atoms with van der Waals surface area (Å²) in [7, 11) is 1.29. The number of hydrogen-bond acceptors (Lipinski definition) is 4. The molecule has 5 nitrogen and oxygen atoms in total. The van der Waals surface area contributed by atoms with E-state index in [0.29, 0.717) is 6.42 Å². The lowest BCUT2D eigenvalue weighted by Gasteiger charge is -2.09. The van der Waals surface area contributed by atoms with Crippen molar-refractivity contribution in [3.05, 3.63) is 71.4 Å². The molecule has 0 saturated carbocycles. The lowest BCUT2D eigenvalue weighted by Crippen LogP contribution is -2.34. The number of para-hydroxylation sites is 1. The number of carbonyl (C=O) groups is 1. The van der Waals surface area contributed by atoms with E-state index in [1.165, 1.54) is 18.2 Å². The van der Waals surface area contributed by atoms with Crippen LogP contribution in [-0.2, 0) is 27.5 Å². The molecule has 25 heavy (non-hydrogen) atoms. The fourth-order valence-corrected chi connectivity index (χ4v) is 3.05. The monoisotopic (exact) mass is 338 g/mol. The Balaban J connectivity index is 1.93. The Kier molecular flexibility index (Phi) is 5.16. The van der Waals surface area contributed by atoms with Crippen LogP contribution in [0, 0.1) is 6.92 Å². The van der Waals surface area contributed by atoms with Gasteiger partial charge in [-0.3, -0.25) is 4.89 Å². The van der Waals surface area contributed by atoms with Crippen molar-refractivity contribution in [2.45, 2.75) is 25.9 Å². The molecule has 0 radical (unpaired) electrons. The van der Waals surface area contributed by atoms with E-state index < -0.39 is 12.0 Å². The third-order valence-corrected chi connectivity index (χ3v) is 4.38. The fraction of sp³-hybridized carbons (Fsp3) is 0.250. The highest BCUT2D eigenvalue weighted by atomic mass is 17.2. The van der Waals surface area contributed by atoms with Crippen molar-refractivity contribution in [3.8, 4) is 0 Å². The predicted octanol–water partition coefficient (Wildman–Crippen LogP) is 2.97. The van der Waals surface area contributed by atoms with Gasteiger partial charge in [0.1, 0.15) is 6.04 Å². The van der Waals surface area contributed by atoms with Gasteiger partial charge in [-0.25, -0.2) is 4.79 Å². The van der Waals surface area contributed by atoms with Gasteiger partial charge in [0.05, 0.1) is 7.11 Å². The van der Waals surface area contributed by atoms with Crippen molar-refractivity contribution < 1.29 is 14.6 Å². The van der Waals surface area contributed by atoms with Crippen molar-refractivity contribution in [1.82, 2.24) is 4.57 Å². The maximum absolute atomic E-state index is 11.7. The molecule has 2 N–H and O–H groups in total. The standard InChI is InChI=1S/C20H22N2O3/c1-14-7-3-4-8-15(14)12-22-13-16(11-18(21)20(23)25-24-2)17-9-5-6-10-19(17)22/h3-10,13,18H,11-12,21H2,1-2H3/t18-/m0/s1. The number of nitrogens with zero attached hydrogens (tertiary/aromatic N) is 1. The molecule has 1 heterocycles. The van der Waals surface area contributed by atoms with Gasteiger partial charge in [0.2, 0.25) is 0 Å². The van der Waals surface area contributed by atoms with Crippen molar-refractivity contribution in [2.24, 2.45) is 5.73 Å². The lowest BCUT2D eigenvalue weighted by molar-refractivity contribution is -0.256. The van der Waals surface area contributed by atoms with Gasteiger partial charge in [-0.1, -0.05) is 42.5 Å². The molecule has 0 spiro atoms. The van der Waals surface area contributed by atoms with Gasteiger partial charge in [0.25, 0.3) is 0 Å². The van der Waals surface area contributed by atoms with Crippen LogP contribution in [-0.4, -0.2) is 23.7 Å². The molecule has 0 unspecified atom stereocenters. The maximum atomic E-state index is 11.7. The van der Waals surface area contributed by atoms with Crippen LogP contribution < -0.4 is 5.73 Å². The largest absolute Gasteiger partial charge is 0.359 e. The van der Waals surface area contributed by atoms with Crippen molar-refractivity contribution >= 4 is 16.9 Å². The molecule has 0 aliphatic heterocycles. The summed E-state index contributed by atoms with van der Waals surface area (Å²) in [6.07, 6.45) is 2.46. The third kappa shape index (κ3) is 3.73. The van der Waals surface area contributed by atoms with E-state index in [9.17, 15) is 4.79 Å². The smallest absolute Gasteiger partial charge is 0.343 e. The Morgan fingerprint density at radius 1 is 1.12 bits per heavy atom. The van der Waals surface area contributed by atoms with Crippen LogP contribution in [0.15, 0.2) is 54.7 Å². The third-order valence-electron chi connectivity index (χ3n) is 4.38. The Bertz CT molecular complexity index is 886. The normalized spacial score (nSPS) is 12.3. The second-order valence-electron chi connectivity index (χ2n) is 6.11. The van der Waals surface area contributed by atoms with E-state index >= 15 is 0 Å². The van der Waals surface area contributed by atoms with Gasteiger partial charge in [-0.05, 0) is 29.7 Å². The number of fused-ring (bicyclic) bond motifs is 1. The molecule has 1 aromatic heterocycles. The summed E-state index contributed by atoms with van der Waals surface area (Å²) in [6.45, 7) is 2.88. The zero-order chi connectivity index (χ0) is 17.8. The van der Waals surface area contributed by atoms with E-state index in [1.807, 2.05) is 30.3 Å². The molecule has 0 bridgehead atoms. The van der Waals surface area contributed by atoms with Crippen LogP contribution in [0.2, 0.25) is 0 Å². The first kappa shape index (κ1) is 17.2. The highest BCUT2D eigenvalue weighted by Crippen LogP contribution is 2.24. The molecule has 0 amide bonds. The maximum Gasteiger partial charge on any atom is 0.359 e. The second kappa shape index (κ2) is 7.51. The first-order chi connectivity index (χ1) is 12.1. The summed E-state index contributed by atoms with van der Waals surface area (Å²) in [6, 6.07) is 15.7. The van der Waals surface area contributed by atoms with E-state index in [1.54, 1.807) is 0 Å². The van der Waals surface area contributed by atoms with Crippen LogP contribution in [0.4, 0.5) is 0 Å². The van der Waals surface area contributed by atoms with Crippen LogP contribution >= 0.6 is 0 Å². The summed E-state index contributed by atoms with van der Waals surface area (Å²) in [4.78, 5) is 20.7. The minimum Gasteiger partial charge on any atom is -0.343 e. The average molecular weight is 338 g/mol. The van der Waals surface area contributed by atoms with Gasteiger partial charge >= 0.3 is 5.97 Å². The predicted molar refractivity (Wildman–Crippen MR) is 97.0 cm³/mol. The van der Waals surface area contributed by atoms with Crippen molar-refractivity contribution in [1.29, 1.82) is 0 Å². The first-order valence-corrected chi connectivity index (χ1v) is 8.21. The first-order valence-electron chi connectivity index (χ1n) is 8.21. The van der Waals surface area contributed by atoms with Crippen LogP contribution in [0.3, 0.4) is 0 Å². The molecule has 0 aliphatic rings. The number of hydrogen-bond donors (Lipinski definition) is 1. The van der Waals surface area contributed by atoms with Crippen LogP contribution in [0.1, 0.15) is 16.7 Å². The molecule has 0 saturated heterocycles. The van der Waals surface area contributed by atoms with E-state index in [0.717, 1.165) is 23.0 Å². The number of rotatable bonds is 6. The van der Waals surface area contributed by atoms with Gasteiger partial charge in [-0.15, -0.1) is 0 Å². The van der Waals surface area contributed by atoms with Gasteiger partial charge in [0, 0.05) is 30.1 Å². The minimum atomic E-state index is -0.766. The summed E-state index contributed by atoms with van der Waals surface area (Å²) >= 11 is 0. The molecule has 1 atom stereocenters. The number of aromatic nitrogens is 1. The highest BCUT2D eigenvalue weighted by molar-refractivity contribution is 5.85. The summed E-state index contributed by atoms with van der Waals surface area (Å²) in [5.41, 5.74) is 10.6. The number of carbonyl (C=O) groups excluding carboxylic acids is 1. The average Bonchev–Trinajstić information content (AvgIpc) is 2.95. The molecule has 5 heteroatoms. The Labute approximate surface area is 146 Å². The fourth-order valence-electron chi connectivity index (χ4n) is 3.05. The molecule has 130 valence electrons. The molecular weight excluding hydrogens is 316 g/mol. The number of benzene rings is 2. The minimum absolute atomic E-state index is 0.392. The molecule has 3 aromatic rings. The zero-order valence-corrected chi connectivity index (χ0v) is 14.4. The van der Waals surface area contributed by atoms with Gasteiger partial charge in [0.15, 0.2) is 0 Å². The van der Waals surface area contributed by atoms with Crippen molar-refractivity contribution in [3.63, 3.8) is 0 Å². The van der Waals surface area contributed by atoms with Gasteiger partial charge in [-0.2, -0.15) is 4.89 Å². The van der Waals surface area contributed by atoms with Gasteiger partial charge < -0.3 is 10.3 Å². The van der Waals surface area contributed by atoms with E-state index in [-0.39, 0.29) is 0 Å². The zero-order valence-electron chi connectivity index (χ0n) is 14.4. The molecule has 0 aliphatic carbocycles. The SMILES string of the molecule is COOC(=O)[C@@H](N)Cc1cn(Cc2ccccc2C)c2ccccc12. The summed E-state index contributed by atoms with van der Waals surface area (Å²) in [5.74, 6) is -0.571. The van der Waals surface area contributed by atoms with E-state index in [4.69, 9.17) is 5.73 Å². The highest BCUT2D eigenvalue weighted by Gasteiger charge is 2.19. The van der Waals surface area contributed by atoms with Crippen LogP contribution in [0.25, 0.3) is 10.9 Å². The quantitative estimate of drug-likeness (QED) is 0.554. The second-order valence-corrected chi connectivity index (χ2v) is 6.11. The molecule has 3 rings (SSSR count). The molecule has 0 fully saturated rings. The Hall–Kier alpha value is -2.63. The number of nitrogens with two attached hydrogens (primary N) is 1. The molecule has 2 aromatic carbocycles. The topological polar surface area (TPSA) is 66.5 Å². The molecular formula is C20H22N2O3. The van der Waals surface area contributed by atoms with E-state index in [2.05, 4.69) is 45.7 Å². The summed E-state index contributed by atoms with van der Waals surface area (Å²) < 4.78 is 2.20. The lowest BCUT2D eigenvalue weighted by atomic mass is 10.1. The summed E-state index contributed by atoms with van der Waals surface area (Å²) in [5, 5.41) is 1.09. The van der Waals surface area contributed by atoms with Crippen molar-refractivity contribution in [2.75, 3.05) is 7.11 Å². The Morgan fingerprint density at radius 3 is 2.60 bits per heavy atom.